The number of methoxy groups -OCH3 is 1. The monoisotopic (exact) mass is 175 g/mol. The number of rotatable bonds is 7. The molecule has 3 heteroatoms. The molecule has 0 radical (unpaired) electrons. The van der Waals surface area contributed by atoms with Crippen molar-refractivity contribution < 1.29 is 9.84 Å². The minimum Gasteiger partial charge on any atom is -0.389 e. The highest BCUT2D eigenvalue weighted by Crippen LogP contribution is 2.12. The minimum absolute atomic E-state index is 0.534. The van der Waals surface area contributed by atoms with Crippen LogP contribution >= 0.6 is 0 Å². The van der Waals surface area contributed by atoms with Crippen LogP contribution < -0.4 is 5.32 Å². The Hall–Kier alpha value is -0.120. The maximum absolute atomic E-state index is 9.82. The van der Waals surface area contributed by atoms with Gasteiger partial charge in [-0.05, 0) is 12.8 Å². The van der Waals surface area contributed by atoms with E-state index in [0.717, 1.165) is 19.4 Å². The first-order valence-electron chi connectivity index (χ1n) is 4.60. The van der Waals surface area contributed by atoms with Gasteiger partial charge < -0.3 is 15.2 Å². The van der Waals surface area contributed by atoms with Crippen LogP contribution in [-0.4, -0.2) is 37.5 Å². The Labute approximate surface area is 75.1 Å². The van der Waals surface area contributed by atoms with Gasteiger partial charge in [-0.25, -0.2) is 0 Å². The van der Waals surface area contributed by atoms with E-state index in [1.807, 2.05) is 13.8 Å². The summed E-state index contributed by atoms with van der Waals surface area (Å²) in [6.45, 7) is 6.16. The smallest absolute Gasteiger partial charge is 0.0766 e. The van der Waals surface area contributed by atoms with Crippen LogP contribution in [0, 0.1) is 0 Å². The van der Waals surface area contributed by atoms with Crippen molar-refractivity contribution in [2.24, 2.45) is 0 Å². The molecule has 0 aromatic carbocycles. The van der Waals surface area contributed by atoms with E-state index in [9.17, 15) is 5.11 Å². The molecule has 2 N–H and O–H groups in total. The summed E-state index contributed by atoms with van der Waals surface area (Å²) in [6, 6.07) is 0. The molecule has 0 spiro atoms. The van der Waals surface area contributed by atoms with E-state index in [2.05, 4.69) is 5.32 Å². The molecule has 12 heavy (non-hydrogen) atoms. The summed E-state index contributed by atoms with van der Waals surface area (Å²) >= 11 is 0. The Morgan fingerprint density at radius 1 is 1.33 bits per heavy atom. The first kappa shape index (κ1) is 11.9. The molecule has 0 heterocycles. The van der Waals surface area contributed by atoms with Gasteiger partial charge in [-0.1, -0.05) is 13.8 Å². The van der Waals surface area contributed by atoms with Crippen molar-refractivity contribution in [1.82, 2.24) is 5.32 Å². The topological polar surface area (TPSA) is 41.5 Å². The molecule has 3 nitrogen and oxygen atoms in total. The fourth-order valence-electron chi connectivity index (χ4n) is 0.995. The van der Waals surface area contributed by atoms with Crippen LogP contribution in [0.4, 0.5) is 0 Å². The van der Waals surface area contributed by atoms with Crippen LogP contribution in [0.3, 0.4) is 0 Å². The van der Waals surface area contributed by atoms with Gasteiger partial charge >= 0.3 is 0 Å². The fourth-order valence-corrected chi connectivity index (χ4v) is 0.995. The second-order valence-corrected chi connectivity index (χ2v) is 3.10. The Balaban J connectivity index is 3.45. The highest BCUT2D eigenvalue weighted by Gasteiger charge is 2.20. The van der Waals surface area contributed by atoms with Crippen LogP contribution in [0.15, 0.2) is 0 Å². The van der Waals surface area contributed by atoms with E-state index in [4.69, 9.17) is 4.74 Å². The molecule has 74 valence electrons. The van der Waals surface area contributed by atoms with Crippen LogP contribution in [0.1, 0.15) is 26.7 Å². The predicted molar refractivity (Wildman–Crippen MR) is 50.3 cm³/mol. The highest BCUT2D eigenvalue weighted by molar-refractivity contribution is 4.77. The van der Waals surface area contributed by atoms with E-state index in [0.29, 0.717) is 13.2 Å². The lowest BCUT2D eigenvalue weighted by molar-refractivity contribution is 0.0312. The maximum atomic E-state index is 9.82. The summed E-state index contributed by atoms with van der Waals surface area (Å²) in [7, 11) is 1.67. The lowest BCUT2D eigenvalue weighted by Crippen LogP contribution is -2.40. The van der Waals surface area contributed by atoms with Gasteiger partial charge in [-0.15, -0.1) is 0 Å². The standard InChI is InChI=1S/C9H21NO2/c1-4-9(11,5-2)8-10-6-7-12-3/h10-11H,4-8H2,1-3H3. The number of nitrogens with one attached hydrogen (secondary N) is 1. The lowest BCUT2D eigenvalue weighted by atomic mass is 9.98. The fraction of sp³-hybridized carbons (Fsp3) is 1.00. The second-order valence-electron chi connectivity index (χ2n) is 3.10. The maximum Gasteiger partial charge on any atom is 0.0766 e. The van der Waals surface area contributed by atoms with Crippen LogP contribution in [0.25, 0.3) is 0 Å². The highest BCUT2D eigenvalue weighted by atomic mass is 16.5. The van der Waals surface area contributed by atoms with Gasteiger partial charge in [0.15, 0.2) is 0 Å². The molecule has 0 aliphatic carbocycles. The van der Waals surface area contributed by atoms with Gasteiger partial charge in [0.05, 0.1) is 12.2 Å². The van der Waals surface area contributed by atoms with Crippen molar-refractivity contribution in [2.45, 2.75) is 32.3 Å². The zero-order valence-electron chi connectivity index (χ0n) is 8.39. The molecule has 0 aromatic heterocycles. The van der Waals surface area contributed by atoms with Gasteiger partial charge in [-0.3, -0.25) is 0 Å². The number of hydrogen-bond acceptors (Lipinski definition) is 3. The molecular formula is C9H21NO2. The molecule has 0 rings (SSSR count). The van der Waals surface area contributed by atoms with E-state index >= 15 is 0 Å². The molecule has 0 saturated heterocycles. The third-order valence-corrected chi connectivity index (χ3v) is 2.25. The molecule has 0 fully saturated rings. The van der Waals surface area contributed by atoms with E-state index in [-0.39, 0.29) is 0 Å². The van der Waals surface area contributed by atoms with Crippen molar-refractivity contribution in [3.63, 3.8) is 0 Å². The first-order chi connectivity index (χ1) is 5.68. The molecule has 0 atom stereocenters. The van der Waals surface area contributed by atoms with E-state index < -0.39 is 5.60 Å². The third-order valence-electron chi connectivity index (χ3n) is 2.25. The SMILES string of the molecule is CCC(O)(CC)CNCCOC. The van der Waals surface area contributed by atoms with Gasteiger partial charge in [0.2, 0.25) is 0 Å². The molecule has 0 amide bonds. The van der Waals surface area contributed by atoms with Crippen molar-refractivity contribution in [3.8, 4) is 0 Å². The lowest BCUT2D eigenvalue weighted by Gasteiger charge is -2.25. The molecule has 0 aliphatic rings. The zero-order chi connectivity index (χ0) is 9.45. The summed E-state index contributed by atoms with van der Waals surface area (Å²) in [5.41, 5.74) is -0.534. The van der Waals surface area contributed by atoms with Crippen molar-refractivity contribution in [2.75, 3.05) is 26.8 Å². The predicted octanol–water partition coefficient (Wildman–Crippen LogP) is 0.773. The first-order valence-corrected chi connectivity index (χ1v) is 4.60. The Kier molecular flexibility index (Phi) is 6.34. The molecule has 0 saturated carbocycles. The normalized spacial score (nSPS) is 12.0. The zero-order valence-corrected chi connectivity index (χ0v) is 8.39. The van der Waals surface area contributed by atoms with Crippen LogP contribution in [0.5, 0.6) is 0 Å². The summed E-state index contributed by atoms with van der Waals surface area (Å²) in [5, 5.41) is 13.0. The second kappa shape index (κ2) is 6.40. The molecular weight excluding hydrogens is 154 g/mol. The van der Waals surface area contributed by atoms with Gasteiger partial charge in [0.25, 0.3) is 0 Å². The summed E-state index contributed by atoms with van der Waals surface area (Å²) in [4.78, 5) is 0. The average Bonchev–Trinajstić information content (AvgIpc) is 2.12. The van der Waals surface area contributed by atoms with E-state index in [1.165, 1.54) is 0 Å². The Morgan fingerprint density at radius 3 is 2.33 bits per heavy atom. The molecule has 0 aliphatic heterocycles. The summed E-state index contributed by atoms with van der Waals surface area (Å²) in [5.74, 6) is 0. The number of hydrogen-bond donors (Lipinski definition) is 2. The van der Waals surface area contributed by atoms with Gasteiger partial charge in [0, 0.05) is 20.2 Å². The quantitative estimate of drug-likeness (QED) is 0.562. The molecule has 0 aromatic rings. The Bertz CT molecular complexity index is 103. The number of ether oxygens (including phenoxy) is 1. The summed E-state index contributed by atoms with van der Waals surface area (Å²) < 4.78 is 4.88. The Morgan fingerprint density at radius 2 is 1.92 bits per heavy atom. The van der Waals surface area contributed by atoms with Crippen LogP contribution in [-0.2, 0) is 4.74 Å². The number of aliphatic hydroxyl groups is 1. The van der Waals surface area contributed by atoms with Crippen molar-refractivity contribution in [1.29, 1.82) is 0 Å². The minimum atomic E-state index is -0.534. The third kappa shape index (κ3) is 4.70. The average molecular weight is 175 g/mol. The van der Waals surface area contributed by atoms with Gasteiger partial charge in [-0.2, -0.15) is 0 Å². The van der Waals surface area contributed by atoms with Gasteiger partial charge in [0.1, 0.15) is 0 Å². The van der Waals surface area contributed by atoms with Crippen molar-refractivity contribution in [3.05, 3.63) is 0 Å². The summed E-state index contributed by atoms with van der Waals surface area (Å²) in [6.07, 6.45) is 1.59. The largest absolute Gasteiger partial charge is 0.389 e. The molecule has 0 unspecified atom stereocenters. The van der Waals surface area contributed by atoms with Crippen LogP contribution in [0.2, 0.25) is 0 Å². The van der Waals surface area contributed by atoms with E-state index in [1.54, 1.807) is 7.11 Å². The van der Waals surface area contributed by atoms with Crippen molar-refractivity contribution >= 4 is 0 Å². The molecule has 0 bridgehead atoms.